The van der Waals surface area contributed by atoms with Crippen molar-refractivity contribution in [1.82, 2.24) is 10.8 Å². The molecule has 0 aliphatic rings. The predicted molar refractivity (Wildman–Crippen MR) is 93.9 cm³/mol. The smallest absolute Gasteiger partial charge is 0.408 e. The Labute approximate surface area is 146 Å². The summed E-state index contributed by atoms with van der Waals surface area (Å²) in [6.45, 7) is 5.17. The molecule has 0 aliphatic heterocycles. The van der Waals surface area contributed by atoms with Crippen LogP contribution in [0, 0.1) is 0 Å². The highest BCUT2D eigenvalue weighted by Gasteiger charge is 2.25. The van der Waals surface area contributed by atoms with Crippen molar-refractivity contribution in [3.05, 3.63) is 60.2 Å². The number of carbonyl (C=O) groups is 2. The van der Waals surface area contributed by atoms with Gasteiger partial charge in [0.05, 0.1) is 0 Å². The van der Waals surface area contributed by atoms with Crippen LogP contribution >= 0.6 is 0 Å². The van der Waals surface area contributed by atoms with Gasteiger partial charge in [-0.05, 0) is 37.5 Å². The summed E-state index contributed by atoms with van der Waals surface area (Å²) in [6.07, 6.45) is -0.742. The molecular weight excluding hydrogens is 320 g/mol. The molecule has 0 heterocycles. The Morgan fingerprint density at radius 2 is 1.52 bits per heavy atom. The minimum absolute atomic E-state index is 0.525. The van der Waals surface area contributed by atoms with Gasteiger partial charge in [0.1, 0.15) is 11.6 Å². The lowest BCUT2D eigenvalue weighted by Crippen LogP contribution is -2.41. The summed E-state index contributed by atoms with van der Waals surface area (Å²) < 4.78 is 5.17. The van der Waals surface area contributed by atoms with E-state index in [1.807, 2.05) is 42.5 Å². The summed E-state index contributed by atoms with van der Waals surface area (Å²) in [4.78, 5) is 23.9. The molecule has 25 heavy (non-hydrogen) atoms. The summed E-state index contributed by atoms with van der Waals surface area (Å²) in [6, 6.07) is 15.8. The first-order chi connectivity index (χ1) is 11.8. The summed E-state index contributed by atoms with van der Waals surface area (Å²) in [5.41, 5.74) is 3.42. The lowest BCUT2D eigenvalue weighted by Gasteiger charge is -2.23. The number of hydroxylamine groups is 1. The van der Waals surface area contributed by atoms with Crippen LogP contribution in [0.4, 0.5) is 4.79 Å². The molecule has 2 rings (SSSR count). The number of alkyl carbamates (subject to hydrolysis) is 1. The zero-order valence-electron chi connectivity index (χ0n) is 14.4. The fourth-order valence-corrected chi connectivity index (χ4v) is 2.29. The van der Waals surface area contributed by atoms with Crippen LogP contribution in [0.2, 0.25) is 0 Å². The molecular formula is C19H22N2O4. The number of amides is 2. The van der Waals surface area contributed by atoms with Crippen molar-refractivity contribution in [3.63, 3.8) is 0 Å². The second kappa shape index (κ2) is 7.81. The van der Waals surface area contributed by atoms with E-state index >= 15 is 0 Å². The van der Waals surface area contributed by atoms with Gasteiger partial charge < -0.3 is 10.1 Å². The van der Waals surface area contributed by atoms with Crippen LogP contribution in [-0.2, 0) is 9.53 Å². The summed E-state index contributed by atoms with van der Waals surface area (Å²) >= 11 is 0. The Hall–Kier alpha value is -2.86. The van der Waals surface area contributed by atoms with Gasteiger partial charge in [0.25, 0.3) is 5.91 Å². The fourth-order valence-electron chi connectivity index (χ4n) is 2.29. The summed E-state index contributed by atoms with van der Waals surface area (Å²) in [5, 5.41) is 11.4. The van der Waals surface area contributed by atoms with Crippen molar-refractivity contribution >= 4 is 12.0 Å². The molecule has 0 bridgehead atoms. The number of ether oxygens (including phenoxy) is 1. The third-order valence-corrected chi connectivity index (χ3v) is 3.38. The normalized spacial score (nSPS) is 12.2. The van der Waals surface area contributed by atoms with Crippen LogP contribution in [-0.4, -0.2) is 22.8 Å². The molecule has 0 saturated carbocycles. The molecule has 2 aromatic rings. The van der Waals surface area contributed by atoms with Crippen LogP contribution in [0.25, 0.3) is 11.1 Å². The highest BCUT2D eigenvalue weighted by atomic mass is 16.6. The molecule has 132 valence electrons. The van der Waals surface area contributed by atoms with Crippen molar-refractivity contribution in [2.45, 2.75) is 32.4 Å². The van der Waals surface area contributed by atoms with Gasteiger partial charge in [-0.3, -0.25) is 10.0 Å². The quantitative estimate of drug-likeness (QED) is 0.587. The van der Waals surface area contributed by atoms with Crippen molar-refractivity contribution in [3.8, 4) is 11.1 Å². The molecule has 2 aromatic carbocycles. The molecule has 1 atom stereocenters. The van der Waals surface area contributed by atoms with Gasteiger partial charge in [-0.1, -0.05) is 54.6 Å². The minimum Gasteiger partial charge on any atom is -0.444 e. The molecule has 0 spiro atoms. The molecule has 2 amide bonds. The van der Waals surface area contributed by atoms with E-state index in [-0.39, 0.29) is 0 Å². The Bertz CT molecular complexity index is 721. The summed E-state index contributed by atoms with van der Waals surface area (Å²) in [5.74, 6) is -0.752. The van der Waals surface area contributed by atoms with E-state index in [2.05, 4.69) is 5.32 Å². The molecule has 0 aromatic heterocycles. The molecule has 6 heteroatoms. The second-order valence-corrected chi connectivity index (χ2v) is 6.54. The first-order valence-electron chi connectivity index (χ1n) is 7.89. The maximum atomic E-state index is 12.0. The van der Waals surface area contributed by atoms with Crippen molar-refractivity contribution < 1.29 is 19.5 Å². The summed E-state index contributed by atoms with van der Waals surface area (Å²) in [7, 11) is 0. The Morgan fingerprint density at radius 1 is 0.960 bits per heavy atom. The largest absolute Gasteiger partial charge is 0.444 e. The number of nitrogens with one attached hydrogen (secondary N) is 2. The molecule has 6 nitrogen and oxygen atoms in total. The third-order valence-electron chi connectivity index (χ3n) is 3.38. The van der Waals surface area contributed by atoms with Crippen LogP contribution in [0.15, 0.2) is 54.6 Å². The zero-order chi connectivity index (χ0) is 18.4. The van der Waals surface area contributed by atoms with E-state index in [0.29, 0.717) is 5.56 Å². The van der Waals surface area contributed by atoms with Crippen molar-refractivity contribution in [1.29, 1.82) is 0 Å². The van der Waals surface area contributed by atoms with Crippen molar-refractivity contribution in [2.24, 2.45) is 0 Å². The van der Waals surface area contributed by atoms with Gasteiger partial charge in [0.15, 0.2) is 0 Å². The van der Waals surface area contributed by atoms with Gasteiger partial charge in [-0.15, -0.1) is 0 Å². The zero-order valence-corrected chi connectivity index (χ0v) is 14.4. The van der Waals surface area contributed by atoms with Gasteiger partial charge in [-0.25, -0.2) is 10.3 Å². The highest BCUT2D eigenvalue weighted by molar-refractivity contribution is 5.86. The molecule has 0 aliphatic carbocycles. The van der Waals surface area contributed by atoms with Crippen LogP contribution in [0.5, 0.6) is 0 Å². The van der Waals surface area contributed by atoms with Gasteiger partial charge in [-0.2, -0.15) is 0 Å². The SMILES string of the molecule is CC(C)(C)OC(=O)N[C@H](C(=O)NO)c1ccc(-c2ccccc2)cc1. The number of rotatable bonds is 4. The van der Waals surface area contributed by atoms with Crippen LogP contribution < -0.4 is 10.8 Å². The van der Waals surface area contributed by atoms with E-state index in [0.717, 1.165) is 11.1 Å². The van der Waals surface area contributed by atoms with Crippen LogP contribution in [0.3, 0.4) is 0 Å². The predicted octanol–water partition coefficient (Wildman–Crippen LogP) is 3.42. The molecule has 0 radical (unpaired) electrons. The third kappa shape index (κ3) is 5.32. The number of benzene rings is 2. The first kappa shape index (κ1) is 18.5. The average molecular weight is 342 g/mol. The minimum atomic E-state index is -1.07. The Balaban J connectivity index is 2.20. The second-order valence-electron chi connectivity index (χ2n) is 6.54. The van der Waals surface area contributed by atoms with E-state index in [1.54, 1.807) is 38.4 Å². The standard InChI is InChI=1S/C19H22N2O4/c1-19(2,3)25-18(23)20-16(17(22)21-24)15-11-9-14(10-12-15)13-7-5-4-6-8-13/h4-12,16,24H,1-3H3,(H,20,23)(H,21,22)/t16-/m0/s1. The molecule has 0 unspecified atom stereocenters. The van der Waals surface area contributed by atoms with Gasteiger partial charge >= 0.3 is 6.09 Å². The number of carbonyl (C=O) groups excluding carboxylic acids is 2. The van der Waals surface area contributed by atoms with Gasteiger partial charge in [0.2, 0.25) is 0 Å². The average Bonchev–Trinajstić information content (AvgIpc) is 2.58. The number of hydrogen-bond donors (Lipinski definition) is 3. The Morgan fingerprint density at radius 3 is 2.04 bits per heavy atom. The maximum Gasteiger partial charge on any atom is 0.408 e. The molecule has 3 N–H and O–H groups in total. The maximum absolute atomic E-state index is 12.0. The van der Waals surface area contributed by atoms with Crippen molar-refractivity contribution in [2.75, 3.05) is 0 Å². The van der Waals surface area contributed by atoms with Gasteiger partial charge in [0, 0.05) is 0 Å². The molecule has 0 saturated heterocycles. The molecule has 0 fully saturated rings. The highest BCUT2D eigenvalue weighted by Crippen LogP contribution is 2.22. The van der Waals surface area contributed by atoms with E-state index in [9.17, 15) is 9.59 Å². The lowest BCUT2D eigenvalue weighted by molar-refractivity contribution is -0.131. The van der Waals surface area contributed by atoms with E-state index < -0.39 is 23.6 Å². The fraction of sp³-hybridized carbons (Fsp3) is 0.263. The topological polar surface area (TPSA) is 87.7 Å². The van der Waals surface area contributed by atoms with E-state index in [1.165, 1.54) is 0 Å². The van der Waals surface area contributed by atoms with Crippen LogP contribution in [0.1, 0.15) is 32.4 Å². The Kier molecular flexibility index (Phi) is 5.77. The first-order valence-corrected chi connectivity index (χ1v) is 7.89. The monoisotopic (exact) mass is 342 g/mol. The number of hydrogen-bond acceptors (Lipinski definition) is 4. The van der Waals surface area contributed by atoms with E-state index in [4.69, 9.17) is 9.94 Å². The lowest BCUT2D eigenvalue weighted by atomic mass is 10.0.